The second kappa shape index (κ2) is 4.88. The van der Waals surface area contributed by atoms with Crippen molar-refractivity contribution in [3.05, 3.63) is 56.4 Å². The minimum Gasteiger partial charge on any atom is -0.258 e. The van der Waals surface area contributed by atoms with Crippen LogP contribution in [0.25, 0.3) is 11.3 Å². The molecule has 0 aliphatic rings. The highest BCUT2D eigenvalue weighted by Gasteiger charge is 2.20. The van der Waals surface area contributed by atoms with Crippen molar-refractivity contribution in [3.63, 3.8) is 0 Å². The van der Waals surface area contributed by atoms with Crippen LogP contribution >= 0.6 is 23.2 Å². The molecule has 0 radical (unpaired) electrons. The summed E-state index contributed by atoms with van der Waals surface area (Å²) in [4.78, 5) is 13.9. The molecule has 1 aromatic carbocycles. The SMILES string of the molecule is O=[N+]([O-])c1cc(F)cnc1-c1cccc(Cl)c1Cl. The molecule has 7 heteroatoms. The number of nitrogens with zero attached hydrogens (tertiary/aromatic N) is 2. The first-order valence-corrected chi connectivity index (χ1v) is 5.50. The zero-order chi connectivity index (χ0) is 13.3. The molecule has 1 aromatic heterocycles. The van der Waals surface area contributed by atoms with Crippen molar-refractivity contribution in [1.29, 1.82) is 0 Å². The van der Waals surface area contributed by atoms with Crippen LogP contribution in [0, 0.1) is 15.9 Å². The van der Waals surface area contributed by atoms with Gasteiger partial charge in [0, 0.05) is 5.56 Å². The number of nitro groups is 1. The molecule has 4 nitrogen and oxygen atoms in total. The summed E-state index contributed by atoms with van der Waals surface area (Å²) in [5.41, 5.74) is -0.191. The van der Waals surface area contributed by atoms with E-state index >= 15 is 0 Å². The number of rotatable bonds is 2. The molecule has 1 heterocycles. The fourth-order valence-corrected chi connectivity index (χ4v) is 1.85. The van der Waals surface area contributed by atoms with E-state index in [1.807, 2.05) is 0 Å². The monoisotopic (exact) mass is 286 g/mol. The van der Waals surface area contributed by atoms with Crippen LogP contribution in [0.15, 0.2) is 30.5 Å². The fourth-order valence-electron chi connectivity index (χ4n) is 1.46. The van der Waals surface area contributed by atoms with Crippen LogP contribution < -0.4 is 0 Å². The van der Waals surface area contributed by atoms with E-state index in [0.29, 0.717) is 0 Å². The largest absolute Gasteiger partial charge is 0.298 e. The number of pyridine rings is 1. The molecule has 0 atom stereocenters. The van der Waals surface area contributed by atoms with E-state index in [1.165, 1.54) is 6.07 Å². The van der Waals surface area contributed by atoms with Crippen molar-refractivity contribution in [2.75, 3.05) is 0 Å². The molecule has 18 heavy (non-hydrogen) atoms. The van der Waals surface area contributed by atoms with E-state index in [2.05, 4.69) is 4.98 Å². The first-order valence-electron chi connectivity index (χ1n) is 4.75. The van der Waals surface area contributed by atoms with E-state index in [1.54, 1.807) is 12.1 Å². The quantitative estimate of drug-likeness (QED) is 0.617. The predicted molar refractivity (Wildman–Crippen MR) is 66.3 cm³/mol. The zero-order valence-electron chi connectivity index (χ0n) is 8.73. The summed E-state index contributed by atoms with van der Waals surface area (Å²) >= 11 is 11.8. The van der Waals surface area contributed by atoms with Crippen molar-refractivity contribution in [2.45, 2.75) is 0 Å². The lowest BCUT2D eigenvalue weighted by Crippen LogP contribution is -1.96. The summed E-state index contributed by atoms with van der Waals surface area (Å²) < 4.78 is 13.0. The van der Waals surface area contributed by atoms with E-state index in [-0.39, 0.29) is 21.3 Å². The molecule has 0 saturated heterocycles. The molecule has 0 unspecified atom stereocenters. The number of hydrogen-bond donors (Lipinski definition) is 0. The van der Waals surface area contributed by atoms with Crippen molar-refractivity contribution < 1.29 is 9.31 Å². The molecular formula is C11H5Cl2FN2O2. The van der Waals surface area contributed by atoms with E-state index in [4.69, 9.17) is 23.2 Å². The minimum absolute atomic E-state index is 0.0195. The van der Waals surface area contributed by atoms with Gasteiger partial charge in [0.25, 0.3) is 5.69 Å². The fraction of sp³-hybridized carbons (Fsp3) is 0. The highest BCUT2D eigenvalue weighted by Crippen LogP contribution is 2.36. The highest BCUT2D eigenvalue weighted by atomic mass is 35.5. The molecule has 0 bridgehead atoms. The second-order valence-electron chi connectivity index (χ2n) is 3.38. The van der Waals surface area contributed by atoms with Gasteiger partial charge in [-0.2, -0.15) is 0 Å². The van der Waals surface area contributed by atoms with Gasteiger partial charge in [0.1, 0.15) is 11.5 Å². The van der Waals surface area contributed by atoms with Crippen LogP contribution in [0.2, 0.25) is 10.0 Å². The Kier molecular flexibility index (Phi) is 3.45. The van der Waals surface area contributed by atoms with Crippen LogP contribution in [0.5, 0.6) is 0 Å². The van der Waals surface area contributed by atoms with Gasteiger partial charge in [-0.3, -0.25) is 10.1 Å². The van der Waals surface area contributed by atoms with Gasteiger partial charge < -0.3 is 0 Å². The normalized spacial score (nSPS) is 10.4. The molecule has 0 aliphatic heterocycles. The summed E-state index contributed by atoms with van der Waals surface area (Å²) in [5, 5.41) is 11.3. The van der Waals surface area contributed by atoms with Gasteiger partial charge in [-0.25, -0.2) is 9.37 Å². The Bertz CT molecular complexity index is 634. The molecule has 0 fully saturated rings. The smallest absolute Gasteiger partial charge is 0.258 e. The average molecular weight is 287 g/mol. The van der Waals surface area contributed by atoms with E-state index in [9.17, 15) is 14.5 Å². The van der Waals surface area contributed by atoms with Crippen LogP contribution in [-0.4, -0.2) is 9.91 Å². The Labute approximate surface area is 111 Å². The standard InChI is InChI=1S/C11H5Cl2FN2O2/c12-8-3-1-2-7(10(8)13)11-9(16(17)18)4-6(14)5-15-11/h1-5H. The lowest BCUT2D eigenvalue weighted by Gasteiger charge is -2.05. The summed E-state index contributed by atoms with van der Waals surface area (Å²) in [6.45, 7) is 0. The first-order chi connectivity index (χ1) is 8.50. The topological polar surface area (TPSA) is 56.0 Å². The van der Waals surface area contributed by atoms with Gasteiger partial charge in [-0.15, -0.1) is 0 Å². The van der Waals surface area contributed by atoms with Crippen molar-refractivity contribution in [3.8, 4) is 11.3 Å². The van der Waals surface area contributed by atoms with Crippen LogP contribution in [0.3, 0.4) is 0 Å². The Hall–Kier alpha value is -1.72. The molecule has 0 N–H and O–H groups in total. The maximum Gasteiger partial charge on any atom is 0.298 e. The maximum atomic E-state index is 13.0. The number of hydrogen-bond acceptors (Lipinski definition) is 3. The summed E-state index contributed by atoms with van der Waals surface area (Å²) in [6, 6.07) is 5.45. The Morgan fingerprint density at radius 3 is 2.72 bits per heavy atom. The van der Waals surface area contributed by atoms with Crippen molar-refractivity contribution >= 4 is 28.9 Å². The van der Waals surface area contributed by atoms with E-state index < -0.39 is 16.4 Å². The highest BCUT2D eigenvalue weighted by molar-refractivity contribution is 6.43. The number of benzene rings is 1. The average Bonchev–Trinajstić information content (AvgIpc) is 2.33. The first kappa shape index (κ1) is 12.7. The van der Waals surface area contributed by atoms with Crippen molar-refractivity contribution in [1.82, 2.24) is 4.98 Å². The molecule has 0 saturated carbocycles. The Balaban J connectivity index is 2.71. The lowest BCUT2D eigenvalue weighted by molar-refractivity contribution is -0.384. The van der Waals surface area contributed by atoms with Gasteiger partial charge in [0.15, 0.2) is 0 Å². The number of aromatic nitrogens is 1. The lowest BCUT2D eigenvalue weighted by atomic mass is 10.1. The molecule has 92 valence electrons. The second-order valence-corrected chi connectivity index (χ2v) is 4.16. The van der Waals surface area contributed by atoms with Crippen molar-refractivity contribution in [2.24, 2.45) is 0 Å². The number of halogens is 3. The summed E-state index contributed by atoms with van der Waals surface area (Å²) in [7, 11) is 0. The van der Waals surface area contributed by atoms with Crippen LogP contribution in [-0.2, 0) is 0 Å². The van der Waals surface area contributed by atoms with Gasteiger partial charge in [0.2, 0.25) is 0 Å². The predicted octanol–water partition coefficient (Wildman–Crippen LogP) is 4.10. The van der Waals surface area contributed by atoms with Gasteiger partial charge in [0.05, 0.1) is 27.2 Å². The summed E-state index contributed by atoms with van der Waals surface area (Å²) in [6.07, 6.45) is 0.888. The molecule has 0 amide bonds. The third-order valence-electron chi connectivity index (χ3n) is 2.24. The van der Waals surface area contributed by atoms with Gasteiger partial charge in [-0.1, -0.05) is 35.3 Å². The zero-order valence-corrected chi connectivity index (χ0v) is 10.2. The Morgan fingerprint density at radius 1 is 1.33 bits per heavy atom. The minimum atomic E-state index is -0.788. The molecule has 0 aliphatic carbocycles. The third kappa shape index (κ3) is 2.27. The van der Waals surface area contributed by atoms with Gasteiger partial charge in [-0.05, 0) is 6.07 Å². The Morgan fingerprint density at radius 2 is 2.06 bits per heavy atom. The van der Waals surface area contributed by atoms with Crippen LogP contribution in [0.1, 0.15) is 0 Å². The molecule has 2 rings (SSSR count). The van der Waals surface area contributed by atoms with E-state index in [0.717, 1.165) is 12.3 Å². The molecule has 2 aromatic rings. The molecule has 0 spiro atoms. The third-order valence-corrected chi connectivity index (χ3v) is 3.06. The summed E-state index contributed by atoms with van der Waals surface area (Å²) in [5.74, 6) is -0.788. The maximum absolute atomic E-state index is 13.0. The molecular weight excluding hydrogens is 282 g/mol. The van der Waals surface area contributed by atoms with Crippen LogP contribution in [0.4, 0.5) is 10.1 Å². The van der Waals surface area contributed by atoms with Gasteiger partial charge >= 0.3 is 0 Å².